The van der Waals surface area contributed by atoms with Gasteiger partial charge in [-0.05, 0) is 37.3 Å². The Bertz CT molecular complexity index is 550. The van der Waals surface area contributed by atoms with Gasteiger partial charge in [0, 0.05) is 31.9 Å². The van der Waals surface area contributed by atoms with Gasteiger partial charge in [0.15, 0.2) is 0 Å². The number of piperidine rings is 1. The topological polar surface area (TPSA) is 32.8 Å². The number of hydrogen-bond acceptors (Lipinski definition) is 3. The third-order valence-electron chi connectivity index (χ3n) is 5.21. The predicted molar refractivity (Wildman–Crippen MR) is 92.8 cm³/mol. The molecule has 2 fully saturated rings. The SMILES string of the molecule is CCCN1CC2(CCN(c3ccccc3CC)CC2)OCC1=O. The molecule has 2 heterocycles. The van der Waals surface area contributed by atoms with E-state index in [1.54, 1.807) is 0 Å². The van der Waals surface area contributed by atoms with Crippen molar-refractivity contribution in [2.75, 3.05) is 37.7 Å². The van der Waals surface area contributed by atoms with Gasteiger partial charge in [-0.25, -0.2) is 0 Å². The minimum Gasteiger partial charge on any atom is -0.371 e. The molecule has 126 valence electrons. The zero-order chi connectivity index (χ0) is 16.3. The summed E-state index contributed by atoms with van der Waals surface area (Å²) in [7, 11) is 0. The first kappa shape index (κ1) is 16.3. The number of rotatable bonds is 4. The summed E-state index contributed by atoms with van der Waals surface area (Å²) in [6, 6.07) is 8.69. The average Bonchev–Trinajstić information content (AvgIpc) is 2.59. The molecule has 0 N–H and O–H groups in total. The Morgan fingerprint density at radius 1 is 1.17 bits per heavy atom. The van der Waals surface area contributed by atoms with Crippen LogP contribution in [0, 0.1) is 0 Å². The lowest BCUT2D eigenvalue weighted by atomic mass is 9.88. The van der Waals surface area contributed by atoms with Crippen molar-refractivity contribution in [3.8, 4) is 0 Å². The minimum atomic E-state index is -0.124. The van der Waals surface area contributed by atoms with E-state index in [-0.39, 0.29) is 18.1 Å². The lowest BCUT2D eigenvalue weighted by Crippen LogP contribution is -2.59. The molecule has 0 aromatic heterocycles. The highest BCUT2D eigenvalue weighted by atomic mass is 16.5. The van der Waals surface area contributed by atoms with E-state index in [1.165, 1.54) is 11.3 Å². The first-order chi connectivity index (χ1) is 11.2. The van der Waals surface area contributed by atoms with E-state index in [2.05, 4.69) is 43.0 Å². The van der Waals surface area contributed by atoms with Crippen LogP contribution in [0.2, 0.25) is 0 Å². The largest absolute Gasteiger partial charge is 0.371 e. The lowest BCUT2D eigenvalue weighted by molar-refractivity contribution is -0.167. The van der Waals surface area contributed by atoms with Crippen LogP contribution in [-0.2, 0) is 16.0 Å². The number of anilines is 1. The van der Waals surface area contributed by atoms with Gasteiger partial charge in [0.25, 0.3) is 0 Å². The maximum atomic E-state index is 12.0. The predicted octanol–water partition coefficient (Wildman–Crippen LogP) is 2.86. The summed E-state index contributed by atoms with van der Waals surface area (Å²) in [5.74, 6) is 0.149. The van der Waals surface area contributed by atoms with E-state index in [9.17, 15) is 4.79 Å². The van der Waals surface area contributed by atoms with Crippen LogP contribution < -0.4 is 4.90 Å². The molecule has 0 aliphatic carbocycles. The zero-order valence-corrected chi connectivity index (χ0v) is 14.4. The Hall–Kier alpha value is -1.55. The molecule has 4 nitrogen and oxygen atoms in total. The molecule has 0 atom stereocenters. The molecule has 3 rings (SSSR count). The molecular weight excluding hydrogens is 288 g/mol. The van der Waals surface area contributed by atoms with E-state index in [1.807, 2.05) is 4.90 Å². The van der Waals surface area contributed by atoms with Gasteiger partial charge in [0.1, 0.15) is 6.61 Å². The normalized spacial score (nSPS) is 21.0. The molecule has 23 heavy (non-hydrogen) atoms. The summed E-state index contributed by atoms with van der Waals surface area (Å²) in [4.78, 5) is 16.4. The van der Waals surface area contributed by atoms with Gasteiger partial charge < -0.3 is 14.5 Å². The molecule has 1 aromatic rings. The van der Waals surface area contributed by atoms with Crippen molar-refractivity contribution in [3.05, 3.63) is 29.8 Å². The van der Waals surface area contributed by atoms with Crippen molar-refractivity contribution >= 4 is 11.6 Å². The van der Waals surface area contributed by atoms with Crippen LogP contribution in [0.15, 0.2) is 24.3 Å². The Morgan fingerprint density at radius 2 is 1.91 bits per heavy atom. The number of carbonyl (C=O) groups excluding carboxylic acids is 1. The number of nitrogens with zero attached hydrogens (tertiary/aromatic N) is 2. The monoisotopic (exact) mass is 316 g/mol. The highest BCUT2D eigenvalue weighted by Gasteiger charge is 2.42. The zero-order valence-electron chi connectivity index (χ0n) is 14.4. The number of benzene rings is 1. The summed E-state index contributed by atoms with van der Waals surface area (Å²) in [6.07, 6.45) is 4.07. The second kappa shape index (κ2) is 6.91. The van der Waals surface area contributed by atoms with Crippen molar-refractivity contribution in [1.82, 2.24) is 4.90 Å². The van der Waals surface area contributed by atoms with Gasteiger partial charge in [-0.2, -0.15) is 0 Å². The van der Waals surface area contributed by atoms with Crippen LogP contribution in [0.3, 0.4) is 0 Å². The summed E-state index contributed by atoms with van der Waals surface area (Å²) in [5.41, 5.74) is 2.65. The maximum absolute atomic E-state index is 12.0. The minimum absolute atomic E-state index is 0.124. The molecule has 1 spiro atoms. The second-order valence-corrected chi connectivity index (χ2v) is 6.76. The molecule has 1 aromatic carbocycles. The molecule has 0 radical (unpaired) electrons. The Labute approximate surface area is 139 Å². The maximum Gasteiger partial charge on any atom is 0.248 e. The lowest BCUT2D eigenvalue weighted by Gasteiger charge is -2.47. The van der Waals surface area contributed by atoms with E-state index >= 15 is 0 Å². The van der Waals surface area contributed by atoms with Crippen LogP contribution in [0.4, 0.5) is 5.69 Å². The van der Waals surface area contributed by atoms with Gasteiger partial charge in [-0.15, -0.1) is 0 Å². The summed E-state index contributed by atoms with van der Waals surface area (Å²) in [6.45, 7) is 8.22. The standard InChI is InChI=1S/C19H28N2O2/c1-3-11-21-15-19(23-14-18(21)22)9-12-20(13-10-19)17-8-6-5-7-16(17)4-2/h5-8H,3-4,9-15H2,1-2H3. The molecule has 0 bridgehead atoms. The number of hydrogen-bond donors (Lipinski definition) is 0. The number of amides is 1. The fourth-order valence-corrected chi connectivity index (χ4v) is 3.84. The number of carbonyl (C=O) groups is 1. The van der Waals surface area contributed by atoms with Crippen molar-refractivity contribution in [3.63, 3.8) is 0 Å². The van der Waals surface area contributed by atoms with E-state index in [0.29, 0.717) is 0 Å². The summed E-state index contributed by atoms with van der Waals surface area (Å²) < 4.78 is 6.02. The molecule has 1 amide bonds. The first-order valence-electron chi connectivity index (χ1n) is 8.92. The third-order valence-corrected chi connectivity index (χ3v) is 5.21. The fourth-order valence-electron chi connectivity index (χ4n) is 3.84. The Morgan fingerprint density at radius 3 is 2.61 bits per heavy atom. The highest BCUT2D eigenvalue weighted by molar-refractivity contribution is 5.78. The van der Waals surface area contributed by atoms with Crippen LogP contribution in [0.5, 0.6) is 0 Å². The van der Waals surface area contributed by atoms with Crippen LogP contribution in [-0.4, -0.2) is 49.2 Å². The summed E-state index contributed by atoms with van der Waals surface area (Å²) in [5, 5.41) is 0. The number of para-hydroxylation sites is 1. The third kappa shape index (κ3) is 3.37. The molecule has 0 unspecified atom stereocenters. The van der Waals surface area contributed by atoms with Gasteiger partial charge >= 0.3 is 0 Å². The number of aryl methyl sites for hydroxylation is 1. The van der Waals surface area contributed by atoms with E-state index < -0.39 is 0 Å². The average molecular weight is 316 g/mol. The molecule has 4 heteroatoms. The fraction of sp³-hybridized carbons (Fsp3) is 0.632. The van der Waals surface area contributed by atoms with Crippen molar-refractivity contribution in [2.24, 2.45) is 0 Å². The Kier molecular flexibility index (Phi) is 4.90. The van der Waals surface area contributed by atoms with Gasteiger partial charge in [-0.3, -0.25) is 4.79 Å². The molecule has 2 saturated heterocycles. The number of morpholine rings is 1. The highest BCUT2D eigenvalue weighted by Crippen LogP contribution is 2.33. The first-order valence-corrected chi connectivity index (χ1v) is 8.92. The van der Waals surface area contributed by atoms with Gasteiger partial charge in [-0.1, -0.05) is 32.0 Å². The quantitative estimate of drug-likeness (QED) is 0.856. The Balaban J connectivity index is 1.67. The van der Waals surface area contributed by atoms with E-state index in [4.69, 9.17) is 4.74 Å². The summed E-state index contributed by atoms with van der Waals surface area (Å²) >= 11 is 0. The van der Waals surface area contributed by atoms with Gasteiger partial charge in [0.2, 0.25) is 5.91 Å². The van der Waals surface area contributed by atoms with Gasteiger partial charge in [0.05, 0.1) is 5.60 Å². The molecular formula is C19H28N2O2. The molecule has 2 aliphatic heterocycles. The van der Waals surface area contributed by atoms with Crippen molar-refractivity contribution < 1.29 is 9.53 Å². The second-order valence-electron chi connectivity index (χ2n) is 6.76. The van der Waals surface area contributed by atoms with Crippen molar-refractivity contribution in [2.45, 2.75) is 45.1 Å². The van der Waals surface area contributed by atoms with Crippen LogP contribution >= 0.6 is 0 Å². The smallest absolute Gasteiger partial charge is 0.248 e. The van der Waals surface area contributed by atoms with Crippen molar-refractivity contribution in [1.29, 1.82) is 0 Å². The number of ether oxygens (including phenoxy) is 1. The van der Waals surface area contributed by atoms with E-state index in [0.717, 1.165) is 51.9 Å². The van der Waals surface area contributed by atoms with Crippen LogP contribution in [0.1, 0.15) is 38.7 Å². The molecule has 2 aliphatic rings. The van der Waals surface area contributed by atoms with Crippen LogP contribution in [0.25, 0.3) is 0 Å². The molecule has 0 saturated carbocycles.